The Morgan fingerprint density at radius 2 is 2.24 bits per heavy atom. The second-order valence-electron chi connectivity index (χ2n) is 3.64. The van der Waals surface area contributed by atoms with Crippen LogP contribution in [0.5, 0.6) is 0 Å². The van der Waals surface area contributed by atoms with E-state index in [1.54, 1.807) is 0 Å². The predicted molar refractivity (Wildman–Crippen MR) is 64.1 cm³/mol. The average Bonchev–Trinajstić information content (AvgIpc) is 2.60. The summed E-state index contributed by atoms with van der Waals surface area (Å²) >= 11 is 1.30. The molecule has 0 fully saturated rings. The normalized spacial score (nSPS) is 10.9. The van der Waals surface area contributed by atoms with Crippen LogP contribution in [0.2, 0.25) is 0 Å². The van der Waals surface area contributed by atoms with Gasteiger partial charge in [-0.05, 0) is 13.8 Å². The molecule has 1 N–H and O–H groups in total. The average molecular weight is 252 g/mol. The summed E-state index contributed by atoms with van der Waals surface area (Å²) in [5, 5.41) is 16.7. The summed E-state index contributed by atoms with van der Waals surface area (Å²) in [5.74, 6) is 1.30. The number of aromatic nitrogens is 4. The van der Waals surface area contributed by atoms with Crippen LogP contribution in [-0.2, 0) is 10.5 Å². The van der Waals surface area contributed by atoms with Crippen LogP contribution >= 0.6 is 11.8 Å². The molecule has 17 heavy (non-hydrogen) atoms. The van der Waals surface area contributed by atoms with E-state index in [0.29, 0.717) is 5.75 Å². The number of aliphatic carboxylic acids is 1. The number of thioether (sulfide) groups is 1. The molecule has 0 aliphatic rings. The molecule has 0 spiro atoms. The highest BCUT2D eigenvalue weighted by atomic mass is 32.2. The summed E-state index contributed by atoms with van der Waals surface area (Å²) < 4.78 is 1.85. The van der Waals surface area contributed by atoms with Gasteiger partial charge in [0.05, 0.1) is 11.5 Å². The van der Waals surface area contributed by atoms with E-state index in [2.05, 4.69) is 15.2 Å². The van der Waals surface area contributed by atoms with E-state index in [1.165, 1.54) is 11.8 Å². The fourth-order valence-electron chi connectivity index (χ4n) is 1.62. The van der Waals surface area contributed by atoms with Gasteiger partial charge in [-0.25, -0.2) is 4.98 Å². The van der Waals surface area contributed by atoms with Crippen molar-refractivity contribution in [3.8, 4) is 0 Å². The second-order valence-corrected chi connectivity index (χ2v) is 4.63. The van der Waals surface area contributed by atoms with Crippen LogP contribution in [-0.4, -0.2) is 36.4 Å². The Morgan fingerprint density at radius 3 is 2.94 bits per heavy atom. The Balaban J connectivity index is 2.26. The van der Waals surface area contributed by atoms with Crippen molar-refractivity contribution in [3.63, 3.8) is 0 Å². The standard InChI is InChI=1S/C10H12N4O2S/c1-6-3-8-12-13-9(4-17-5-10(15)16)14(8)7(2)11-6/h3H,4-5H2,1-2H3,(H,15,16). The Labute approximate surface area is 102 Å². The maximum atomic E-state index is 10.4. The maximum Gasteiger partial charge on any atom is 0.313 e. The molecular weight excluding hydrogens is 240 g/mol. The van der Waals surface area contributed by atoms with Gasteiger partial charge in [-0.3, -0.25) is 9.20 Å². The number of nitrogens with zero attached hydrogens (tertiary/aromatic N) is 4. The molecule has 6 nitrogen and oxygen atoms in total. The number of carboxylic acids is 1. The highest BCUT2D eigenvalue weighted by molar-refractivity contribution is 7.99. The molecule has 0 aliphatic heterocycles. The zero-order valence-electron chi connectivity index (χ0n) is 9.54. The Hall–Kier alpha value is -1.63. The monoisotopic (exact) mass is 252 g/mol. The van der Waals surface area contributed by atoms with E-state index in [0.717, 1.165) is 23.0 Å². The van der Waals surface area contributed by atoms with Gasteiger partial charge in [-0.2, -0.15) is 0 Å². The number of carbonyl (C=O) groups is 1. The van der Waals surface area contributed by atoms with Gasteiger partial charge in [0.2, 0.25) is 0 Å². The fraction of sp³-hybridized carbons (Fsp3) is 0.400. The lowest BCUT2D eigenvalue weighted by Gasteiger charge is -2.03. The molecule has 2 rings (SSSR count). The van der Waals surface area contributed by atoms with Crippen molar-refractivity contribution in [2.45, 2.75) is 19.6 Å². The summed E-state index contributed by atoms with van der Waals surface area (Å²) in [5.41, 5.74) is 1.65. The Bertz CT molecular complexity index is 567. The van der Waals surface area contributed by atoms with Gasteiger partial charge in [0, 0.05) is 11.8 Å². The minimum absolute atomic E-state index is 0.0627. The van der Waals surface area contributed by atoms with Gasteiger partial charge in [-0.15, -0.1) is 22.0 Å². The highest BCUT2D eigenvalue weighted by Crippen LogP contribution is 2.13. The molecule has 0 atom stereocenters. The molecule has 0 amide bonds. The lowest BCUT2D eigenvalue weighted by atomic mass is 10.4. The van der Waals surface area contributed by atoms with Crippen LogP contribution in [0.4, 0.5) is 0 Å². The summed E-state index contributed by atoms with van der Waals surface area (Å²) in [4.78, 5) is 14.8. The lowest BCUT2D eigenvalue weighted by molar-refractivity contribution is -0.133. The second kappa shape index (κ2) is 4.70. The molecule has 0 bridgehead atoms. The van der Waals surface area contributed by atoms with Crippen molar-refractivity contribution in [2.24, 2.45) is 0 Å². The first kappa shape index (κ1) is 11.8. The number of hydrogen-bond acceptors (Lipinski definition) is 5. The molecule has 2 aromatic rings. The summed E-state index contributed by atoms with van der Waals surface area (Å²) in [7, 11) is 0. The maximum absolute atomic E-state index is 10.4. The van der Waals surface area contributed by atoms with E-state index < -0.39 is 5.97 Å². The van der Waals surface area contributed by atoms with Crippen molar-refractivity contribution < 1.29 is 9.90 Å². The number of carboxylic acid groups (broad SMARTS) is 1. The van der Waals surface area contributed by atoms with Gasteiger partial charge in [0.25, 0.3) is 0 Å². The molecule has 90 valence electrons. The molecule has 2 heterocycles. The van der Waals surface area contributed by atoms with Crippen molar-refractivity contribution in [1.29, 1.82) is 0 Å². The molecule has 2 aromatic heterocycles. The van der Waals surface area contributed by atoms with Crippen LogP contribution in [0, 0.1) is 13.8 Å². The zero-order chi connectivity index (χ0) is 12.4. The van der Waals surface area contributed by atoms with Crippen LogP contribution in [0.15, 0.2) is 6.07 Å². The quantitative estimate of drug-likeness (QED) is 0.876. The molecule has 0 aliphatic carbocycles. The van der Waals surface area contributed by atoms with E-state index >= 15 is 0 Å². The smallest absolute Gasteiger partial charge is 0.313 e. The molecule has 0 saturated heterocycles. The van der Waals surface area contributed by atoms with Crippen molar-refractivity contribution >= 4 is 23.4 Å². The first-order valence-electron chi connectivity index (χ1n) is 5.05. The molecular formula is C10H12N4O2S. The third-order valence-corrected chi connectivity index (χ3v) is 3.12. The number of fused-ring (bicyclic) bond motifs is 1. The van der Waals surface area contributed by atoms with Gasteiger partial charge < -0.3 is 5.11 Å². The van der Waals surface area contributed by atoms with E-state index in [1.807, 2.05) is 24.3 Å². The molecule has 0 aromatic carbocycles. The first-order valence-corrected chi connectivity index (χ1v) is 6.21. The van der Waals surface area contributed by atoms with Crippen LogP contribution < -0.4 is 0 Å². The first-order chi connectivity index (χ1) is 8.08. The van der Waals surface area contributed by atoms with Gasteiger partial charge >= 0.3 is 5.97 Å². The summed E-state index contributed by atoms with van der Waals surface area (Å²) in [6.45, 7) is 3.79. The molecule has 0 unspecified atom stereocenters. The fourth-order valence-corrected chi connectivity index (χ4v) is 2.27. The largest absolute Gasteiger partial charge is 0.481 e. The third kappa shape index (κ3) is 2.55. The molecule has 0 saturated carbocycles. The minimum Gasteiger partial charge on any atom is -0.481 e. The van der Waals surface area contributed by atoms with E-state index in [-0.39, 0.29) is 5.75 Å². The van der Waals surface area contributed by atoms with E-state index in [4.69, 9.17) is 5.11 Å². The van der Waals surface area contributed by atoms with Gasteiger partial charge in [0.1, 0.15) is 11.6 Å². The van der Waals surface area contributed by atoms with Crippen molar-refractivity contribution in [1.82, 2.24) is 19.6 Å². The zero-order valence-corrected chi connectivity index (χ0v) is 10.4. The molecule has 7 heteroatoms. The van der Waals surface area contributed by atoms with Crippen LogP contribution in [0.25, 0.3) is 5.65 Å². The topological polar surface area (TPSA) is 80.4 Å². The van der Waals surface area contributed by atoms with Crippen LogP contribution in [0.1, 0.15) is 17.3 Å². The lowest BCUT2D eigenvalue weighted by Crippen LogP contribution is -2.03. The van der Waals surface area contributed by atoms with Gasteiger partial charge in [-0.1, -0.05) is 0 Å². The summed E-state index contributed by atoms with van der Waals surface area (Å²) in [6, 6.07) is 1.85. The van der Waals surface area contributed by atoms with Crippen LogP contribution in [0.3, 0.4) is 0 Å². The van der Waals surface area contributed by atoms with E-state index in [9.17, 15) is 4.79 Å². The number of rotatable bonds is 4. The minimum atomic E-state index is -0.825. The predicted octanol–water partition coefficient (Wildman–Crippen LogP) is 1.06. The number of aryl methyl sites for hydroxylation is 2. The van der Waals surface area contributed by atoms with Crippen molar-refractivity contribution in [3.05, 3.63) is 23.4 Å². The third-order valence-electron chi connectivity index (χ3n) is 2.21. The number of hydrogen-bond donors (Lipinski definition) is 1. The SMILES string of the molecule is Cc1cc2nnc(CSCC(=O)O)n2c(C)n1. The highest BCUT2D eigenvalue weighted by Gasteiger charge is 2.09. The Morgan fingerprint density at radius 1 is 1.47 bits per heavy atom. The molecule has 0 radical (unpaired) electrons. The van der Waals surface area contributed by atoms with Gasteiger partial charge in [0.15, 0.2) is 5.65 Å². The van der Waals surface area contributed by atoms with Crippen molar-refractivity contribution in [2.75, 3.05) is 5.75 Å². The Kier molecular flexibility index (Phi) is 3.28. The summed E-state index contributed by atoms with van der Waals surface area (Å²) in [6.07, 6.45) is 0.